The predicted molar refractivity (Wildman–Crippen MR) is 89.7 cm³/mol. The minimum Gasteiger partial charge on any atom is -0.465 e. The van der Waals surface area contributed by atoms with Gasteiger partial charge in [-0.15, -0.1) is 0 Å². The molecule has 0 spiro atoms. The summed E-state index contributed by atoms with van der Waals surface area (Å²) in [6.07, 6.45) is 1.10. The number of rotatable bonds is 4. The summed E-state index contributed by atoms with van der Waals surface area (Å²) in [5.74, 6) is -0.154. The van der Waals surface area contributed by atoms with Gasteiger partial charge in [0.1, 0.15) is 0 Å². The highest BCUT2D eigenvalue weighted by molar-refractivity contribution is 7.90. The number of nitrogens with zero attached hydrogens (tertiary/aromatic N) is 1. The number of hydrogen-bond donors (Lipinski definition) is 1. The Bertz CT molecular complexity index is 685. The zero-order chi connectivity index (χ0) is 17.2. The monoisotopic (exact) mass is 340 g/mol. The third kappa shape index (κ3) is 4.03. The Morgan fingerprint density at radius 1 is 1.39 bits per heavy atom. The first-order valence-electron chi connectivity index (χ1n) is 7.64. The van der Waals surface area contributed by atoms with E-state index in [1.165, 1.54) is 13.2 Å². The van der Waals surface area contributed by atoms with Crippen LogP contribution in [0.3, 0.4) is 0 Å². The van der Waals surface area contributed by atoms with Crippen molar-refractivity contribution >= 4 is 21.5 Å². The number of hydrogen-bond acceptors (Lipinski definition) is 6. The molecule has 23 heavy (non-hydrogen) atoms. The Kier molecular flexibility index (Phi) is 5.31. The van der Waals surface area contributed by atoms with Crippen molar-refractivity contribution < 1.29 is 17.9 Å². The summed E-state index contributed by atoms with van der Waals surface area (Å²) < 4.78 is 28.8. The third-order valence-electron chi connectivity index (χ3n) is 4.15. The number of piperazine rings is 1. The molecule has 0 saturated carbocycles. The van der Waals surface area contributed by atoms with Gasteiger partial charge in [0, 0.05) is 37.6 Å². The number of anilines is 1. The van der Waals surface area contributed by atoms with Crippen molar-refractivity contribution in [1.82, 2.24) is 5.32 Å². The van der Waals surface area contributed by atoms with Crippen LogP contribution >= 0.6 is 0 Å². The molecular formula is C16H24N2O4S. The van der Waals surface area contributed by atoms with Crippen molar-refractivity contribution in [3.05, 3.63) is 23.8 Å². The topological polar surface area (TPSA) is 75.7 Å². The van der Waals surface area contributed by atoms with Crippen molar-refractivity contribution in [3.63, 3.8) is 0 Å². The van der Waals surface area contributed by atoms with Gasteiger partial charge in [0.15, 0.2) is 9.84 Å². The van der Waals surface area contributed by atoms with Gasteiger partial charge in [-0.3, -0.25) is 0 Å². The van der Waals surface area contributed by atoms with Crippen molar-refractivity contribution in [2.75, 3.05) is 37.9 Å². The number of esters is 1. The summed E-state index contributed by atoms with van der Waals surface area (Å²) in [6.45, 7) is 6.76. The fourth-order valence-electron chi connectivity index (χ4n) is 2.75. The molecule has 1 fully saturated rings. The standard InChI is InChI=1S/C16H24N2O4S/c1-11(2)14-10-18(8-7-17-14)12-5-6-13(16(19)22-3)15(9-12)23(4,20)21/h5-6,9,11,14,17H,7-8,10H2,1-4H3/t14-/m1/s1. The molecule has 0 aromatic heterocycles. The Hall–Kier alpha value is -1.60. The lowest BCUT2D eigenvalue weighted by Gasteiger charge is -2.37. The van der Waals surface area contributed by atoms with Crippen LogP contribution in [0.5, 0.6) is 0 Å². The molecule has 1 aliphatic rings. The average molecular weight is 340 g/mol. The normalized spacial score (nSPS) is 19.0. The van der Waals surface area contributed by atoms with Crippen molar-refractivity contribution in [3.8, 4) is 0 Å². The summed E-state index contributed by atoms with van der Waals surface area (Å²) in [5, 5.41) is 3.47. The second-order valence-corrected chi connectivity index (χ2v) is 8.18. The molecule has 0 unspecified atom stereocenters. The van der Waals surface area contributed by atoms with Crippen LogP contribution in [0.2, 0.25) is 0 Å². The fraction of sp³-hybridized carbons (Fsp3) is 0.562. The summed E-state index contributed by atoms with van der Waals surface area (Å²) >= 11 is 0. The lowest BCUT2D eigenvalue weighted by molar-refractivity contribution is 0.0596. The maximum absolute atomic E-state index is 12.0. The maximum atomic E-state index is 12.0. The minimum absolute atomic E-state index is 0.0153. The lowest BCUT2D eigenvalue weighted by atomic mass is 10.0. The quantitative estimate of drug-likeness (QED) is 0.833. The van der Waals surface area contributed by atoms with Crippen LogP contribution in [0.15, 0.2) is 23.1 Å². The zero-order valence-corrected chi connectivity index (χ0v) is 14.8. The van der Waals surface area contributed by atoms with E-state index in [0.29, 0.717) is 12.0 Å². The first-order chi connectivity index (χ1) is 10.7. The summed E-state index contributed by atoms with van der Waals surface area (Å²) in [4.78, 5) is 14.0. The summed E-state index contributed by atoms with van der Waals surface area (Å²) in [7, 11) is -2.28. The van der Waals surface area contributed by atoms with Gasteiger partial charge in [0.2, 0.25) is 0 Å². The number of carbonyl (C=O) groups is 1. The van der Waals surface area contributed by atoms with Crippen LogP contribution in [0, 0.1) is 5.92 Å². The van der Waals surface area contributed by atoms with Crippen LogP contribution in [-0.4, -0.2) is 53.4 Å². The van der Waals surface area contributed by atoms with E-state index < -0.39 is 15.8 Å². The van der Waals surface area contributed by atoms with Gasteiger partial charge in [0.25, 0.3) is 0 Å². The number of methoxy groups -OCH3 is 1. The Labute approximate surface area is 137 Å². The molecule has 6 nitrogen and oxygen atoms in total. The van der Waals surface area contributed by atoms with E-state index in [4.69, 9.17) is 0 Å². The van der Waals surface area contributed by atoms with Crippen molar-refractivity contribution in [1.29, 1.82) is 0 Å². The first kappa shape index (κ1) is 17.7. The second kappa shape index (κ2) is 6.88. The number of nitrogens with one attached hydrogen (secondary N) is 1. The van der Waals surface area contributed by atoms with Gasteiger partial charge in [-0.1, -0.05) is 13.8 Å². The maximum Gasteiger partial charge on any atom is 0.339 e. The van der Waals surface area contributed by atoms with Gasteiger partial charge < -0.3 is 15.0 Å². The Balaban J connectivity index is 2.39. The van der Waals surface area contributed by atoms with E-state index >= 15 is 0 Å². The second-order valence-electron chi connectivity index (χ2n) is 6.19. The Morgan fingerprint density at radius 2 is 2.09 bits per heavy atom. The van der Waals surface area contributed by atoms with E-state index in [0.717, 1.165) is 31.6 Å². The van der Waals surface area contributed by atoms with E-state index in [-0.39, 0.29) is 10.5 Å². The highest BCUT2D eigenvalue weighted by Crippen LogP contribution is 2.25. The molecule has 0 radical (unpaired) electrons. The number of sulfone groups is 1. The molecule has 0 aliphatic carbocycles. The molecule has 1 aliphatic heterocycles. The first-order valence-corrected chi connectivity index (χ1v) is 9.54. The Morgan fingerprint density at radius 3 is 2.65 bits per heavy atom. The SMILES string of the molecule is COC(=O)c1ccc(N2CCN[C@@H](C(C)C)C2)cc1S(C)(=O)=O. The van der Waals surface area contributed by atoms with E-state index in [2.05, 4.69) is 28.8 Å². The lowest BCUT2D eigenvalue weighted by Crippen LogP contribution is -2.53. The molecule has 0 amide bonds. The molecule has 1 heterocycles. The third-order valence-corrected chi connectivity index (χ3v) is 5.28. The smallest absolute Gasteiger partial charge is 0.339 e. The molecule has 2 rings (SSSR count). The van der Waals surface area contributed by atoms with Crippen LogP contribution in [0.4, 0.5) is 5.69 Å². The molecule has 1 atom stereocenters. The van der Waals surface area contributed by atoms with Gasteiger partial charge in [-0.25, -0.2) is 13.2 Å². The molecule has 1 N–H and O–H groups in total. The van der Waals surface area contributed by atoms with Crippen molar-refractivity contribution in [2.45, 2.75) is 24.8 Å². The predicted octanol–water partition coefficient (Wildman–Crippen LogP) is 1.31. The highest BCUT2D eigenvalue weighted by atomic mass is 32.2. The average Bonchev–Trinajstić information content (AvgIpc) is 2.52. The van der Waals surface area contributed by atoms with Gasteiger partial charge in [-0.05, 0) is 24.1 Å². The van der Waals surface area contributed by atoms with Crippen LogP contribution in [0.25, 0.3) is 0 Å². The van der Waals surface area contributed by atoms with Crippen LogP contribution in [0.1, 0.15) is 24.2 Å². The van der Waals surface area contributed by atoms with Gasteiger partial charge >= 0.3 is 5.97 Å². The highest BCUT2D eigenvalue weighted by Gasteiger charge is 2.25. The molecule has 1 saturated heterocycles. The molecule has 7 heteroatoms. The largest absolute Gasteiger partial charge is 0.465 e. The molecular weight excluding hydrogens is 316 g/mol. The summed E-state index contributed by atoms with van der Waals surface area (Å²) in [6, 6.07) is 5.24. The number of ether oxygens (including phenoxy) is 1. The molecule has 128 valence electrons. The van der Waals surface area contributed by atoms with Gasteiger partial charge in [-0.2, -0.15) is 0 Å². The van der Waals surface area contributed by atoms with E-state index in [1.807, 2.05) is 0 Å². The van der Waals surface area contributed by atoms with E-state index in [1.54, 1.807) is 12.1 Å². The van der Waals surface area contributed by atoms with Crippen LogP contribution in [-0.2, 0) is 14.6 Å². The molecule has 1 aromatic carbocycles. The molecule has 0 bridgehead atoms. The van der Waals surface area contributed by atoms with Crippen LogP contribution < -0.4 is 10.2 Å². The van der Waals surface area contributed by atoms with E-state index in [9.17, 15) is 13.2 Å². The zero-order valence-electron chi connectivity index (χ0n) is 14.0. The van der Waals surface area contributed by atoms with Gasteiger partial charge in [0.05, 0.1) is 17.6 Å². The minimum atomic E-state index is -3.52. The summed E-state index contributed by atoms with van der Waals surface area (Å²) in [5.41, 5.74) is 0.888. The number of benzene rings is 1. The fourth-order valence-corrected chi connectivity index (χ4v) is 3.64. The van der Waals surface area contributed by atoms with Crippen molar-refractivity contribution in [2.24, 2.45) is 5.92 Å². The number of carbonyl (C=O) groups excluding carboxylic acids is 1. The molecule has 1 aromatic rings.